The first kappa shape index (κ1) is 15.7. The lowest BCUT2D eigenvalue weighted by Gasteiger charge is -2.49. The van der Waals surface area contributed by atoms with Gasteiger partial charge < -0.3 is 10.1 Å². The minimum atomic E-state index is -3.08. The van der Waals surface area contributed by atoms with Crippen LogP contribution >= 0.6 is 0 Å². The van der Waals surface area contributed by atoms with Crippen molar-refractivity contribution >= 4 is 15.8 Å². The Bertz CT molecular complexity index is 600. The molecule has 7 heteroatoms. The molecule has 22 heavy (non-hydrogen) atoms. The van der Waals surface area contributed by atoms with Crippen molar-refractivity contribution in [1.29, 1.82) is 0 Å². The average Bonchev–Trinajstić information content (AvgIpc) is 2.91. The van der Waals surface area contributed by atoms with Gasteiger partial charge in [-0.1, -0.05) is 6.07 Å². The molecule has 1 atom stereocenters. The first-order chi connectivity index (χ1) is 10.6. The number of sulfonamides is 1. The number of pyridine rings is 1. The zero-order chi connectivity index (χ0) is 15.6. The van der Waals surface area contributed by atoms with E-state index >= 15 is 0 Å². The van der Waals surface area contributed by atoms with Crippen LogP contribution in [0.25, 0.3) is 0 Å². The zero-order valence-electron chi connectivity index (χ0n) is 12.9. The molecule has 0 bridgehead atoms. The van der Waals surface area contributed by atoms with Crippen LogP contribution in [0.1, 0.15) is 19.8 Å². The first-order valence-corrected chi connectivity index (χ1v) is 9.43. The highest BCUT2D eigenvalue weighted by molar-refractivity contribution is 7.89. The number of aromatic nitrogens is 1. The third-order valence-electron chi connectivity index (χ3n) is 4.71. The second kappa shape index (κ2) is 6.14. The minimum Gasteiger partial charge on any atom is -0.372 e. The van der Waals surface area contributed by atoms with Gasteiger partial charge in [-0.3, -0.25) is 0 Å². The summed E-state index contributed by atoms with van der Waals surface area (Å²) in [6.45, 7) is 4.26. The van der Waals surface area contributed by atoms with E-state index in [0.717, 1.165) is 31.8 Å². The van der Waals surface area contributed by atoms with Crippen molar-refractivity contribution in [2.45, 2.75) is 25.4 Å². The number of rotatable bonds is 6. The van der Waals surface area contributed by atoms with E-state index in [1.807, 2.05) is 18.2 Å². The molecule has 2 fully saturated rings. The van der Waals surface area contributed by atoms with E-state index in [1.54, 1.807) is 17.4 Å². The molecule has 2 saturated heterocycles. The molecule has 0 aliphatic carbocycles. The van der Waals surface area contributed by atoms with Gasteiger partial charge in [0.05, 0.1) is 11.4 Å². The molecule has 1 aromatic rings. The van der Waals surface area contributed by atoms with Crippen LogP contribution in [-0.2, 0) is 14.8 Å². The fourth-order valence-corrected chi connectivity index (χ4v) is 4.51. The summed E-state index contributed by atoms with van der Waals surface area (Å²) < 4.78 is 31.2. The summed E-state index contributed by atoms with van der Waals surface area (Å²) in [4.78, 5) is 4.24. The predicted molar refractivity (Wildman–Crippen MR) is 85.2 cm³/mol. The van der Waals surface area contributed by atoms with Gasteiger partial charge >= 0.3 is 0 Å². The predicted octanol–water partition coefficient (Wildman–Crippen LogP) is 1.32. The molecule has 1 N–H and O–H groups in total. The Labute approximate surface area is 131 Å². The summed E-state index contributed by atoms with van der Waals surface area (Å²) in [5, 5.41) is 3.31. The summed E-state index contributed by atoms with van der Waals surface area (Å²) in [6.07, 6.45) is 3.74. The summed E-state index contributed by atoms with van der Waals surface area (Å²) in [7, 11) is -3.08. The van der Waals surface area contributed by atoms with Gasteiger partial charge in [-0.2, -0.15) is 4.31 Å². The lowest BCUT2D eigenvalue weighted by molar-refractivity contribution is -0.102. The Balaban J connectivity index is 1.52. The van der Waals surface area contributed by atoms with Crippen LogP contribution in [-0.4, -0.2) is 55.3 Å². The summed E-state index contributed by atoms with van der Waals surface area (Å²) in [5.74, 6) is 1.45. The van der Waals surface area contributed by atoms with Crippen LogP contribution in [0.2, 0.25) is 0 Å². The van der Waals surface area contributed by atoms with Crippen LogP contribution in [0.3, 0.4) is 0 Å². The molecule has 0 unspecified atom stereocenters. The fourth-order valence-electron chi connectivity index (χ4n) is 3.31. The van der Waals surface area contributed by atoms with Crippen molar-refractivity contribution in [3.8, 4) is 0 Å². The lowest BCUT2D eigenvalue weighted by Crippen LogP contribution is -2.66. The molecule has 122 valence electrons. The molecule has 3 heterocycles. The Morgan fingerprint density at radius 3 is 2.95 bits per heavy atom. The summed E-state index contributed by atoms with van der Waals surface area (Å²) in [5.41, 5.74) is -0.256. The van der Waals surface area contributed by atoms with Gasteiger partial charge in [0.1, 0.15) is 5.82 Å². The number of hydrogen-bond donors (Lipinski definition) is 1. The maximum absolute atomic E-state index is 11.9. The molecule has 2 aliphatic heterocycles. The summed E-state index contributed by atoms with van der Waals surface area (Å²) in [6, 6.07) is 5.79. The largest absolute Gasteiger partial charge is 0.372 e. The van der Waals surface area contributed by atoms with E-state index in [1.165, 1.54) is 0 Å². The van der Waals surface area contributed by atoms with Crippen LogP contribution in [0.4, 0.5) is 5.82 Å². The lowest BCUT2D eigenvalue weighted by atomic mass is 9.80. The van der Waals surface area contributed by atoms with Crippen molar-refractivity contribution in [3.05, 3.63) is 24.4 Å². The maximum Gasteiger partial charge on any atom is 0.214 e. The second-order valence-electron chi connectivity index (χ2n) is 6.00. The maximum atomic E-state index is 11.9. The monoisotopic (exact) mass is 325 g/mol. The quantitative estimate of drug-likeness (QED) is 0.854. The zero-order valence-corrected chi connectivity index (χ0v) is 13.7. The minimum absolute atomic E-state index is 0.162. The van der Waals surface area contributed by atoms with E-state index in [0.29, 0.717) is 19.0 Å². The van der Waals surface area contributed by atoms with Crippen molar-refractivity contribution in [2.75, 3.05) is 37.3 Å². The molecule has 1 aromatic heterocycles. The normalized spacial score (nSPS) is 24.3. The smallest absolute Gasteiger partial charge is 0.214 e. The van der Waals surface area contributed by atoms with Crippen molar-refractivity contribution in [1.82, 2.24) is 9.29 Å². The number of nitrogens with one attached hydrogen (secondary N) is 1. The van der Waals surface area contributed by atoms with Gasteiger partial charge in [0.25, 0.3) is 0 Å². The highest BCUT2D eigenvalue weighted by Crippen LogP contribution is 2.42. The van der Waals surface area contributed by atoms with E-state index in [9.17, 15) is 8.42 Å². The molecule has 0 saturated carbocycles. The molecule has 6 nitrogen and oxygen atoms in total. The van der Waals surface area contributed by atoms with Crippen molar-refractivity contribution in [3.63, 3.8) is 0 Å². The van der Waals surface area contributed by atoms with Crippen LogP contribution in [0, 0.1) is 5.92 Å². The van der Waals surface area contributed by atoms with Gasteiger partial charge in [-0.05, 0) is 37.8 Å². The standard InChI is InChI=1S/C15H23N3O3S/c1-2-22(19,20)18-11-15(12-18)13(7-10-21-15)6-9-17-14-5-3-4-8-16-14/h3-5,8,13H,2,6-7,9-12H2,1H3,(H,16,17)/t13-/m1/s1. The van der Waals surface area contributed by atoms with E-state index in [4.69, 9.17) is 4.74 Å². The molecular weight excluding hydrogens is 302 g/mol. The molecular formula is C15H23N3O3S. The Hall–Kier alpha value is -1.18. The number of ether oxygens (including phenoxy) is 1. The van der Waals surface area contributed by atoms with E-state index < -0.39 is 10.0 Å². The molecule has 1 spiro atoms. The van der Waals surface area contributed by atoms with E-state index in [-0.39, 0.29) is 11.4 Å². The van der Waals surface area contributed by atoms with Gasteiger partial charge in [0, 0.05) is 32.4 Å². The molecule has 0 aromatic carbocycles. The fraction of sp³-hybridized carbons (Fsp3) is 0.667. The van der Waals surface area contributed by atoms with Gasteiger partial charge in [0.2, 0.25) is 10.0 Å². The van der Waals surface area contributed by atoms with Crippen molar-refractivity contribution < 1.29 is 13.2 Å². The number of anilines is 1. The third-order valence-corrected chi connectivity index (χ3v) is 6.48. The van der Waals surface area contributed by atoms with Crippen LogP contribution in [0.15, 0.2) is 24.4 Å². The molecule has 0 amide bonds. The van der Waals surface area contributed by atoms with Crippen LogP contribution in [0.5, 0.6) is 0 Å². The van der Waals surface area contributed by atoms with Gasteiger partial charge in [-0.15, -0.1) is 0 Å². The summed E-state index contributed by atoms with van der Waals surface area (Å²) >= 11 is 0. The van der Waals surface area contributed by atoms with Gasteiger partial charge in [0.15, 0.2) is 0 Å². The van der Waals surface area contributed by atoms with Crippen LogP contribution < -0.4 is 5.32 Å². The molecule has 0 radical (unpaired) electrons. The number of hydrogen-bond acceptors (Lipinski definition) is 5. The Morgan fingerprint density at radius 2 is 2.27 bits per heavy atom. The highest BCUT2D eigenvalue weighted by atomic mass is 32.2. The molecule has 2 aliphatic rings. The van der Waals surface area contributed by atoms with Crippen molar-refractivity contribution in [2.24, 2.45) is 5.92 Å². The first-order valence-electron chi connectivity index (χ1n) is 7.82. The highest BCUT2D eigenvalue weighted by Gasteiger charge is 2.55. The Kier molecular flexibility index (Phi) is 4.38. The third kappa shape index (κ3) is 2.98. The van der Waals surface area contributed by atoms with E-state index in [2.05, 4.69) is 10.3 Å². The second-order valence-corrected chi connectivity index (χ2v) is 8.26. The molecule has 3 rings (SSSR count). The number of nitrogens with zero attached hydrogens (tertiary/aromatic N) is 2. The average molecular weight is 325 g/mol. The van der Waals surface area contributed by atoms with Gasteiger partial charge in [-0.25, -0.2) is 13.4 Å². The Morgan fingerprint density at radius 1 is 1.45 bits per heavy atom. The SMILES string of the molecule is CCS(=O)(=O)N1CC2(C1)OCC[C@H]2CCNc1ccccn1. The topological polar surface area (TPSA) is 71.5 Å².